The number of nitrogens with zero attached hydrogens (tertiary/aromatic N) is 4. The quantitative estimate of drug-likeness (QED) is 0.249. The van der Waals surface area contributed by atoms with Crippen LogP contribution in [0.3, 0.4) is 0 Å². The Morgan fingerprint density at radius 1 is 1.13 bits per heavy atom. The van der Waals surface area contributed by atoms with Crippen LogP contribution >= 0.6 is 27.5 Å². The predicted octanol–water partition coefficient (Wildman–Crippen LogP) is 4.07. The second-order valence-electron chi connectivity index (χ2n) is 8.94. The molecule has 0 bridgehead atoms. The fourth-order valence-corrected chi connectivity index (χ4v) is 5.50. The standard InChI is InChI=1S/C25H23BrClN7O4/c26-18-19(24(37)38)32-34(22(18)31-23(36)14-5-1-2-6-15(14)27)20(21(28)35)13-9-11-33(12-10-13)25-29-16-7-3-4-8-17(16)30-25/h1-8,13,20H,9-12H2,(H2,28,35)(H,29,30)(H,31,36)(H,37,38). The van der Waals surface area contributed by atoms with Crippen LogP contribution in [-0.4, -0.2) is 55.7 Å². The Kier molecular flexibility index (Phi) is 7.09. The van der Waals surface area contributed by atoms with Gasteiger partial charge in [0.2, 0.25) is 11.9 Å². The minimum absolute atomic E-state index is 0.0100. The molecule has 1 fully saturated rings. The lowest BCUT2D eigenvalue weighted by molar-refractivity contribution is -0.123. The Morgan fingerprint density at radius 2 is 1.82 bits per heavy atom. The van der Waals surface area contributed by atoms with Crippen molar-refractivity contribution in [3.63, 3.8) is 0 Å². The summed E-state index contributed by atoms with van der Waals surface area (Å²) < 4.78 is 1.22. The molecule has 38 heavy (non-hydrogen) atoms. The van der Waals surface area contributed by atoms with Crippen molar-refractivity contribution in [2.75, 3.05) is 23.3 Å². The molecule has 2 aromatic carbocycles. The van der Waals surface area contributed by atoms with E-state index in [1.807, 2.05) is 24.3 Å². The minimum atomic E-state index is -1.33. The van der Waals surface area contributed by atoms with Gasteiger partial charge in [-0.1, -0.05) is 35.9 Å². The highest BCUT2D eigenvalue weighted by Crippen LogP contribution is 2.36. The second kappa shape index (κ2) is 10.5. The summed E-state index contributed by atoms with van der Waals surface area (Å²) in [5, 5.41) is 16.7. The number of primary amides is 1. The molecular formula is C25H23BrClN7O4. The van der Waals surface area contributed by atoms with Crippen molar-refractivity contribution >= 4 is 68.1 Å². The van der Waals surface area contributed by atoms with Crippen LogP contribution in [0.25, 0.3) is 11.0 Å². The van der Waals surface area contributed by atoms with Crippen molar-refractivity contribution in [1.29, 1.82) is 0 Å². The molecule has 0 spiro atoms. The van der Waals surface area contributed by atoms with Gasteiger partial charge >= 0.3 is 5.97 Å². The maximum absolute atomic E-state index is 13.0. The number of fused-ring (bicyclic) bond motifs is 1. The number of aromatic amines is 1. The number of nitrogens with one attached hydrogen (secondary N) is 2. The van der Waals surface area contributed by atoms with E-state index in [9.17, 15) is 19.5 Å². The molecule has 4 aromatic rings. The van der Waals surface area contributed by atoms with E-state index in [1.165, 1.54) is 10.7 Å². The average Bonchev–Trinajstić information content (AvgIpc) is 3.46. The Bertz CT molecular complexity index is 1510. The molecule has 2 amide bonds. The maximum Gasteiger partial charge on any atom is 0.357 e. The number of hydrogen-bond donors (Lipinski definition) is 4. The number of carbonyl (C=O) groups excluding carboxylic acids is 2. The summed E-state index contributed by atoms with van der Waals surface area (Å²) in [7, 11) is 0. The number of H-pyrrole nitrogens is 1. The molecule has 1 aliphatic rings. The van der Waals surface area contributed by atoms with Crippen molar-refractivity contribution in [1.82, 2.24) is 19.7 Å². The molecule has 2 aromatic heterocycles. The number of hydrogen-bond acceptors (Lipinski definition) is 6. The molecule has 1 aliphatic heterocycles. The molecule has 1 saturated heterocycles. The van der Waals surface area contributed by atoms with Gasteiger partial charge in [0.25, 0.3) is 5.91 Å². The first-order valence-corrected chi connectivity index (χ1v) is 13.0. The molecule has 13 heteroatoms. The van der Waals surface area contributed by atoms with E-state index in [4.69, 9.17) is 17.3 Å². The van der Waals surface area contributed by atoms with Gasteiger partial charge in [0.1, 0.15) is 11.9 Å². The number of aromatic nitrogens is 4. The van der Waals surface area contributed by atoms with E-state index in [1.54, 1.807) is 18.2 Å². The van der Waals surface area contributed by atoms with Crippen LogP contribution in [0.15, 0.2) is 53.0 Å². The summed E-state index contributed by atoms with van der Waals surface area (Å²) in [6.45, 7) is 1.17. The molecule has 1 atom stereocenters. The Balaban J connectivity index is 1.43. The van der Waals surface area contributed by atoms with Gasteiger partial charge in [0.15, 0.2) is 5.69 Å². The molecule has 196 valence electrons. The zero-order valence-corrected chi connectivity index (χ0v) is 22.2. The van der Waals surface area contributed by atoms with Gasteiger partial charge in [0, 0.05) is 13.1 Å². The number of carboxylic acids is 1. The summed E-state index contributed by atoms with van der Waals surface area (Å²) in [5.74, 6) is -2.12. The van der Waals surface area contributed by atoms with Crippen LogP contribution in [0, 0.1) is 5.92 Å². The summed E-state index contributed by atoms with van der Waals surface area (Å²) in [6, 6.07) is 13.2. The van der Waals surface area contributed by atoms with Gasteiger partial charge in [-0.3, -0.25) is 9.59 Å². The normalized spacial score (nSPS) is 14.9. The van der Waals surface area contributed by atoms with E-state index in [2.05, 4.69) is 41.2 Å². The van der Waals surface area contributed by atoms with Crippen molar-refractivity contribution in [2.24, 2.45) is 11.7 Å². The lowest BCUT2D eigenvalue weighted by Gasteiger charge is -2.35. The molecule has 1 unspecified atom stereocenters. The third kappa shape index (κ3) is 4.84. The lowest BCUT2D eigenvalue weighted by atomic mass is 9.89. The number of anilines is 2. The van der Waals surface area contributed by atoms with Gasteiger partial charge in [-0.05, 0) is 59.0 Å². The molecule has 5 N–H and O–H groups in total. The summed E-state index contributed by atoms with van der Waals surface area (Å²) in [4.78, 5) is 47.7. The number of nitrogens with two attached hydrogens (primary N) is 1. The first kappa shape index (κ1) is 25.7. The topological polar surface area (TPSA) is 159 Å². The van der Waals surface area contributed by atoms with Crippen LogP contribution in [0.1, 0.15) is 39.7 Å². The van der Waals surface area contributed by atoms with Crippen LogP contribution in [0.5, 0.6) is 0 Å². The molecule has 0 saturated carbocycles. The van der Waals surface area contributed by atoms with Gasteiger partial charge in [-0.25, -0.2) is 14.5 Å². The van der Waals surface area contributed by atoms with Gasteiger partial charge < -0.3 is 26.0 Å². The zero-order chi connectivity index (χ0) is 27.0. The fraction of sp³-hybridized carbons (Fsp3) is 0.240. The number of amides is 2. The number of benzene rings is 2. The fourth-order valence-electron chi connectivity index (χ4n) is 4.75. The number of para-hydroxylation sites is 2. The zero-order valence-electron chi connectivity index (χ0n) is 19.9. The van der Waals surface area contributed by atoms with E-state index in [0.717, 1.165) is 17.0 Å². The summed E-state index contributed by atoms with van der Waals surface area (Å²) >= 11 is 9.41. The van der Waals surface area contributed by atoms with E-state index < -0.39 is 23.8 Å². The smallest absolute Gasteiger partial charge is 0.357 e. The first-order chi connectivity index (χ1) is 18.2. The van der Waals surface area contributed by atoms with Gasteiger partial charge in [-0.15, -0.1) is 0 Å². The van der Waals surface area contributed by atoms with E-state index in [0.29, 0.717) is 25.9 Å². The van der Waals surface area contributed by atoms with Crippen LogP contribution in [0.4, 0.5) is 11.8 Å². The largest absolute Gasteiger partial charge is 0.476 e. The van der Waals surface area contributed by atoms with Crippen molar-refractivity contribution in [2.45, 2.75) is 18.9 Å². The first-order valence-electron chi connectivity index (χ1n) is 11.8. The summed E-state index contributed by atoms with van der Waals surface area (Å²) in [6.07, 6.45) is 1.12. The molecule has 11 nitrogen and oxygen atoms in total. The third-order valence-corrected chi connectivity index (χ3v) is 7.70. The van der Waals surface area contributed by atoms with Crippen molar-refractivity contribution in [3.05, 3.63) is 69.3 Å². The Morgan fingerprint density at radius 3 is 2.47 bits per heavy atom. The molecule has 0 aliphatic carbocycles. The Hall–Kier alpha value is -3.90. The van der Waals surface area contributed by atoms with E-state index >= 15 is 0 Å². The lowest BCUT2D eigenvalue weighted by Crippen LogP contribution is -2.42. The van der Waals surface area contributed by atoms with Gasteiger partial charge in [-0.2, -0.15) is 5.10 Å². The second-order valence-corrected chi connectivity index (χ2v) is 10.1. The number of imidazole rings is 1. The number of aromatic carboxylic acids is 1. The van der Waals surface area contributed by atoms with Crippen molar-refractivity contribution < 1.29 is 19.5 Å². The highest BCUT2D eigenvalue weighted by molar-refractivity contribution is 9.10. The highest BCUT2D eigenvalue weighted by Gasteiger charge is 2.37. The number of halogens is 2. The van der Waals surface area contributed by atoms with E-state index in [-0.39, 0.29) is 32.5 Å². The van der Waals surface area contributed by atoms with Crippen molar-refractivity contribution in [3.8, 4) is 0 Å². The Labute approximate surface area is 230 Å². The van der Waals surface area contributed by atoms with Gasteiger partial charge in [0.05, 0.1) is 26.1 Å². The average molecular weight is 601 g/mol. The van der Waals surface area contributed by atoms with Crippen LogP contribution in [-0.2, 0) is 4.79 Å². The highest BCUT2D eigenvalue weighted by atomic mass is 79.9. The molecule has 3 heterocycles. The predicted molar refractivity (Wildman–Crippen MR) is 146 cm³/mol. The number of carbonyl (C=O) groups is 3. The molecule has 0 radical (unpaired) electrons. The minimum Gasteiger partial charge on any atom is -0.476 e. The number of carboxylic acid groups (broad SMARTS) is 1. The van der Waals surface area contributed by atoms with Crippen LogP contribution in [0.2, 0.25) is 5.02 Å². The number of piperidine rings is 1. The molecule has 5 rings (SSSR count). The third-order valence-electron chi connectivity index (χ3n) is 6.62. The summed E-state index contributed by atoms with van der Waals surface area (Å²) in [5.41, 5.74) is 7.46. The molecular weight excluding hydrogens is 578 g/mol. The maximum atomic E-state index is 13.0. The monoisotopic (exact) mass is 599 g/mol. The SMILES string of the molecule is NC(=O)C(C1CCN(c2nc3ccccc3[nH]2)CC1)n1nc(C(=O)O)c(Br)c1NC(=O)c1ccccc1Cl. The number of rotatable bonds is 7. The van der Waals surface area contributed by atoms with Crippen LogP contribution < -0.4 is 16.0 Å².